The van der Waals surface area contributed by atoms with Crippen molar-refractivity contribution in [3.63, 3.8) is 0 Å². The fraction of sp³-hybridized carbons (Fsp3) is 0.600. The minimum Gasteiger partial charge on any atom is -0.375 e. The molecule has 3 rings (SSSR count). The van der Waals surface area contributed by atoms with Gasteiger partial charge in [-0.3, -0.25) is 5.32 Å². The predicted molar refractivity (Wildman–Crippen MR) is 161 cm³/mol. The highest BCUT2D eigenvalue weighted by Crippen LogP contribution is 2.38. The summed E-state index contributed by atoms with van der Waals surface area (Å²) in [5.41, 5.74) is 7.68. The summed E-state index contributed by atoms with van der Waals surface area (Å²) in [6.45, 7) is 10.9. The van der Waals surface area contributed by atoms with Crippen LogP contribution in [0.3, 0.4) is 0 Å². The van der Waals surface area contributed by atoms with Crippen molar-refractivity contribution in [2.75, 3.05) is 6.54 Å². The molecule has 1 aliphatic rings. The van der Waals surface area contributed by atoms with Crippen molar-refractivity contribution in [3.8, 4) is 11.1 Å². The lowest BCUT2D eigenvalue weighted by molar-refractivity contribution is 0.174. The Morgan fingerprint density at radius 2 is 1.59 bits per heavy atom. The van der Waals surface area contributed by atoms with Crippen molar-refractivity contribution in [2.45, 2.75) is 123 Å². The number of unbranched alkanes of at least 4 members (excludes halogenated alkanes) is 6. The van der Waals surface area contributed by atoms with Crippen LogP contribution in [0.25, 0.3) is 11.1 Å². The third-order valence-electron chi connectivity index (χ3n) is 8.52. The Kier molecular flexibility index (Phi) is 12.9. The maximum absolute atomic E-state index is 9.89. The fourth-order valence-electron chi connectivity index (χ4n) is 6.01. The lowest BCUT2D eigenvalue weighted by Crippen LogP contribution is -2.31. The molecule has 1 saturated carbocycles. The van der Waals surface area contributed by atoms with Gasteiger partial charge in [-0.05, 0) is 90.7 Å². The number of aliphatic hydroxyl groups excluding tert-OH is 1. The summed E-state index contributed by atoms with van der Waals surface area (Å²) in [5.74, 6) is 1.71. The van der Waals surface area contributed by atoms with Crippen LogP contribution in [-0.2, 0) is 12.8 Å². The Bertz CT molecular complexity index is 923. The summed E-state index contributed by atoms with van der Waals surface area (Å²) >= 11 is 0. The molecule has 0 bridgehead atoms. The summed E-state index contributed by atoms with van der Waals surface area (Å²) in [4.78, 5) is 0. The van der Waals surface area contributed by atoms with Crippen LogP contribution in [0, 0.1) is 5.92 Å². The van der Waals surface area contributed by atoms with E-state index in [9.17, 15) is 5.11 Å². The molecular weight excluding hydrogens is 450 g/mol. The molecule has 0 radical (unpaired) electrons. The fourth-order valence-corrected chi connectivity index (χ4v) is 6.01. The Labute approximate surface area is 228 Å². The molecule has 2 heteroatoms. The molecule has 2 aromatic rings. The van der Waals surface area contributed by atoms with Gasteiger partial charge in [-0.2, -0.15) is 0 Å². The van der Waals surface area contributed by atoms with Gasteiger partial charge in [0.25, 0.3) is 0 Å². The van der Waals surface area contributed by atoms with Crippen molar-refractivity contribution < 1.29 is 5.11 Å². The molecule has 0 amide bonds. The zero-order valence-electron chi connectivity index (χ0n) is 24.0. The van der Waals surface area contributed by atoms with Gasteiger partial charge < -0.3 is 5.11 Å². The Morgan fingerprint density at radius 3 is 2.24 bits per heavy atom. The Balaban J connectivity index is 1.46. The van der Waals surface area contributed by atoms with E-state index in [1.807, 2.05) is 6.92 Å². The normalized spacial score (nSPS) is 18.6. The number of hydrogen-bond acceptors (Lipinski definition) is 2. The van der Waals surface area contributed by atoms with E-state index < -0.39 is 6.23 Å². The first-order valence-corrected chi connectivity index (χ1v) is 15.3. The van der Waals surface area contributed by atoms with Gasteiger partial charge in [0.1, 0.15) is 6.23 Å². The van der Waals surface area contributed by atoms with Crippen molar-refractivity contribution in [3.05, 3.63) is 71.3 Å². The molecule has 204 valence electrons. The van der Waals surface area contributed by atoms with E-state index in [2.05, 4.69) is 68.2 Å². The largest absolute Gasteiger partial charge is 0.375 e. The monoisotopic (exact) mass is 503 g/mol. The van der Waals surface area contributed by atoms with E-state index in [1.54, 1.807) is 0 Å². The first-order valence-electron chi connectivity index (χ1n) is 15.3. The molecule has 2 N–H and O–H groups in total. The van der Waals surface area contributed by atoms with E-state index in [0.717, 1.165) is 36.8 Å². The topological polar surface area (TPSA) is 32.3 Å². The minimum atomic E-state index is -0.622. The van der Waals surface area contributed by atoms with Crippen LogP contribution in [0.2, 0.25) is 0 Å². The lowest BCUT2D eigenvalue weighted by Gasteiger charge is -2.29. The number of aliphatic hydroxyl groups is 1. The Hall–Kier alpha value is -1.90. The maximum Gasteiger partial charge on any atom is 0.126 e. The van der Waals surface area contributed by atoms with Gasteiger partial charge >= 0.3 is 0 Å². The molecule has 2 aromatic carbocycles. The number of nitrogens with one attached hydrogen (secondary N) is 1. The highest BCUT2D eigenvalue weighted by Gasteiger charge is 2.22. The van der Waals surface area contributed by atoms with Crippen molar-refractivity contribution >= 4 is 0 Å². The van der Waals surface area contributed by atoms with Crippen molar-refractivity contribution in [1.82, 2.24) is 5.32 Å². The van der Waals surface area contributed by atoms with E-state index in [1.165, 1.54) is 105 Å². The van der Waals surface area contributed by atoms with Crippen LogP contribution in [0.1, 0.15) is 120 Å². The first kappa shape index (κ1) is 29.7. The van der Waals surface area contributed by atoms with Crippen LogP contribution in [0.15, 0.2) is 54.6 Å². The highest BCUT2D eigenvalue weighted by molar-refractivity contribution is 5.68. The van der Waals surface area contributed by atoms with Gasteiger partial charge in [0, 0.05) is 6.54 Å². The van der Waals surface area contributed by atoms with Crippen LogP contribution >= 0.6 is 0 Å². The third kappa shape index (κ3) is 9.73. The second-order valence-electron chi connectivity index (χ2n) is 11.5. The summed E-state index contributed by atoms with van der Waals surface area (Å²) < 4.78 is 0. The van der Waals surface area contributed by atoms with E-state index in [4.69, 9.17) is 0 Å². The van der Waals surface area contributed by atoms with E-state index >= 15 is 0 Å². The zero-order valence-corrected chi connectivity index (χ0v) is 24.0. The van der Waals surface area contributed by atoms with Gasteiger partial charge in [-0.1, -0.05) is 114 Å². The van der Waals surface area contributed by atoms with Gasteiger partial charge in [-0.15, -0.1) is 0 Å². The zero-order chi connectivity index (χ0) is 26.5. The van der Waals surface area contributed by atoms with Gasteiger partial charge in [0.2, 0.25) is 0 Å². The number of benzene rings is 2. The summed E-state index contributed by atoms with van der Waals surface area (Å²) in [7, 11) is 0. The van der Waals surface area contributed by atoms with Gasteiger partial charge in [0.05, 0.1) is 0 Å². The molecule has 0 saturated heterocycles. The average molecular weight is 504 g/mol. The molecule has 1 aliphatic carbocycles. The molecular formula is C35H53NO. The molecule has 37 heavy (non-hydrogen) atoms. The quantitative estimate of drug-likeness (QED) is 0.136. The molecule has 1 fully saturated rings. The molecule has 1 unspecified atom stereocenters. The minimum absolute atomic E-state index is 0.622. The predicted octanol–water partition coefficient (Wildman–Crippen LogP) is 9.36. The van der Waals surface area contributed by atoms with Crippen LogP contribution in [-0.4, -0.2) is 17.9 Å². The standard InChI is InChI=1S/C35H53NO/c1-5-7-8-9-10-11-12-13-28-14-17-31(18-15-28)32-19-21-33(22-20-32)34-23-16-29(26-30(34)6-2)24-25-36-35(37)27(3)4/h16,19-23,26,28,31,35-37H,3,5-15,17-18,24-25H2,1-2,4H3. The van der Waals surface area contributed by atoms with E-state index in [0.29, 0.717) is 0 Å². The molecule has 0 aromatic heterocycles. The summed E-state index contributed by atoms with van der Waals surface area (Å²) in [5, 5.41) is 13.0. The first-order chi connectivity index (χ1) is 18.0. The van der Waals surface area contributed by atoms with Crippen molar-refractivity contribution in [1.29, 1.82) is 0 Å². The van der Waals surface area contributed by atoms with E-state index in [-0.39, 0.29) is 0 Å². The molecule has 2 nitrogen and oxygen atoms in total. The summed E-state index contributed by atoms with van der Waals surface area (Å²) in [6, 6.07) is 16.3. The smallest absolute Gasteiger partial charge is 0.126 e. The second kappa shape index (κ2) is 16.1. The highest BCUT2D eigenvalue weighted by atomic mass is 16.3. The lowest BCUT2D eigenvalue weighted by atomic mass is 9.77. The third-order valence-corrected chi connectivity index (χ3v) is 8.52. The van der Waals surface area contributed by atoms with Crippen LogP contribution in [0.5, 0.6) is 0 Å². The molecule has 1 atom stereocenters. The maximum atomic E-state index is 9.89. The molecule has 0 heterocycles. The average Bonchev–Trinajstić information content (AvgIpc) is 2.93. The Morgan fingerprint density at radius 1 is 0.919 bits per heavy atom. The molecule has 0 spiro atoms. The van der Waals surface area contributed by atoms with Crippen molar-refractivity contribution in [2.24, 2.45) is 5.92 Å². The summed E-state index contributed by atoms with van der Waals surface area (Å²) in [6.07, 6.45) is 18.3. The second-order valence-corrected chi connectivity index (χ2v) is 11.5. The number of hydrogen-bond donors (Lipinski definition) is 2. The van der Waals surface area contributed by atoms with Gasteiger partial charge in [0.15, 0.2) is 0 Å². The molecule has 0 aliphatic heterocycles. The number of aryl methyl sites for hydroxylation is 1. The van der Waals surface area contributed by atoms with Crippen LogP contribution < -0.4 is 5.32 Å². The SMILES string of the molecule is C=C(C)C(O)NCCc1ccc(-c2ccc(C3CCC(CCCCCCCCC)CC3)cc2)c(CC)c1. The van der Waals surface area contributed by atoms with Crippen LogP contribution in [0.4, 0.5) is 0 Å². The van der Waals surface area contributed by atoms with Gasteiger partial charge in [-0.25, -0.2) is 0 Å². The number of rotatable bonds is 16.